The van der Waals surface area contributed by atoms with Crippen molar-refractivity contribution in [3.8, 4) is 0 Å². The molecule has 5 N–H and O–H groups in total. The molecule has 2 rings (SSSR count). The molecule has 2 unspecified atom stereocenters. The highest BCUT2D eigenvalue weighted by atomic mass is 16.6. The molecular weight excluding hydrogens is 234 g/mol. The number of aliphatic hydroxyl groups excluding tert-OH is 1. The fourth-order valence-electron chi connectivity index (χ4n) is 3.65. The predicted octanol–water partition coefficient (Wildman–Crippen LogP) is -0.0293. The Hall–Kier alpha value is -0.200. The fourth-order valence-corrected chi connectivity index (χ4v) is 3.65. The van der Waals surface area contributed by atoms with Gasteiger partial charge in [-0.05, 0) is 6.42 Å². The van der Waals surface area contributed by atoms with E-state index in [0.717, 1.165) is 19.3 Å². The van der Waals surface area contributed by atoms with Gasteiger partial charge in [0.25, 0.3) is 0 Å². The monoisotopic (exact) mass is 259 g/mol. The second-order valence-corrected chi connectivity index (χ2v) is 6.26. The molecule has 5 nitrogen and oxygen atoms in total. The first-order valence-electron chi connectivity index (χ1n) is 6.75. The van der Waals surface area contributed by atoms with Crippen molar-refractivity contribution in [2.24, 2.45) is 17.1 Å². The first kappa shape index (κ1) is 14.2. The normalized spacial score (nSPS) is 47.5. The van der Waals surface area contributed by atoms with Crippen molar-refractivity contribution in [2.45, 2.75) is 63.6 Å². The van der Waals surface area contributed by atoms with Gasteiger partial charge >= 0.3 is 0 Å². The SMILES string of the molecule is CCCCC(N)[C@H]1COC(O)[C@]2(O)C(C)(C)[C@@]12O. The number of rotatable bonds is 4. The Kier molecular flexibility index (Phi) is 3.28. The summed E-state index contributed by atoms with van der Waals surface area (Å²) in [6, 6.07) is -0.226. The van der Waals surface area contributed by atoms with Crippen molar-refractivity contribution >= 4 is 0 Å². The molecular formula is C13H25NO4. The van der Waals surface area contributed by atoms with Gasteiger partial charge in [-0.2, -0.15) is 0 Å². The lowest BCUT2D eigenvalue weighted by molar-refractivity contribution is -0.244. The number of hydrogen-bond acceptors (Lipinski definition) is 5. The van der Waals surface area contributed by atoms with E-state index in [0.29, 0.717) is 0 Å². The maximum absolute atomic E-state index is 10.8. The molecule has 5 heteroatoms. The van der Waals surface area contributed by atoms with Gasteiger partial charge in [-0.25, -0.2) is 0 Å². The Morgan fingerprint density at radius 3 is 2.50 bits per heavy atom. The smallest absolute Gasteiger partial charge is 0.187 e. The number of unbranched alkanes of at least 4 members (excludes halogenated alkanes) is 1. The number of nitrogens with two attached hydrogens (primary N) is 1. The lowest BCUT2D eigenvalue weighted by atomic mass is 9.84. The minimum Gasteiger partial charge on any atom is -0.386 e. The summed E-state index contributed by atoms with van der Waals surface area (Å²) in [6.07, 6.45) is 1.47. The van der Waals surface area contributed by atoms with Crippen LogP contribution in [0.5, 0.6) is 0 Å². The van der Waals surface area contributed by atoms with Gasteiger partial charge in [-0.3, -0.25) is 0 Å². The second-order valence-electron chi connectivity index (χ2n) is 6.26. The Bertz CT molecular complexity index is 335. The first-order valence-corrected chi connectivity index (χ1v) is 6.75. The average Bonchev–Trinajstić information content (AvgIpc) is 2.68. The molecule has 0 radical (unpaired) electrons. The molecule has 1 saturated carbocycles. The minimum absolute atomic E-state index is 0.189. The topological polar surface area (TPSA) is 95.9 Å². The summed E-state index contributed by atoms with van der Waals surface area (Å²) in [5.41, 5.74) is 2.37. The molecule has 0 aromatic rings. The molecule has 1 saturated heterocycles. The summed E-state index contributed by atoms with van der Waals surface area (Å²) < 4.78 is 5.21. The molecule has 18 heavy (non-hydrogen) atoms. The minimum atomic E-state index is -1.60. The Labute approximate surface area is 108 Å². The fraction of sp³-hybridized carbons (Fsp3) is 1.00. The van der Waals surface area contributed by atoms with E-state index < -0.39 is 22.9 Å². The molecule has 2 aliphatic rings. The zero-order valence-electron chi connectivity index (χ0n) is 11.4. The summed E-state index contributed by atoms with van der Waals surface area (Å²) in [6.45, 7) is 5.75. The van der Waals surface area contributed by atoms with Crippen LogP contribution in [0, 0.1) is 11.3 Å². The lowest BCUT2D eigenvalue weighted by Crippen LogP contribution is -2.55. The molecule has 5 atom stereocenters. The Morgan fingerprint density at radius 2 is 1.94 bits per heavy atom. The summed E-state index contributed by atoms with van der Waals surface area (Å²) in [5, 5.41) is 31.0. The van der Waals surface area contributed by atoms with Crippen LogP contribution in [-0.4, -0.2) is 45.5 Å². The maximum Gasteiger partial charge on any atom is 0.187 e. The van der Waals surface area contributed by atoms with Crippen molar-refractivity contribution in [3.05, 3.63) is 0 Å². The van der Waals surface area contributed by atoms with E-state index in [1.807, 2.05) is 0 Å². The number of fused-ring (bicyclic) bond motifs is 1. The van der Waals surface area contributed by atoms with E-state index >= 15 is 0 Å². The van der Waals surface area contributed by atoms with Crippen LogP contribution >= 0.6 is 0 Å². The number of ether oxygens (including phenoxy) is 1. The van der Waals surface area contributed by atoms with Crippen molar-refractivity contribution in [1.29, 1.82) is 0 Å². The molecule has 106 valence electrons. The average molecular weight is 259 g/mol. The van der Waals surface area contributed by atoms with Crippen molar-refractivity contribution in [2.75, 3.05) is 6.61 Å². The second kappa shape index (κ2) is 4.15. The van der Waals surface area contributed by atoms with E-state index in [2.05, 4.69) is 6.92 Å². The summed E-state index contributed by atoms with van der Waals surface area (Å²) >= 11 is 0. The van der Waals surface area contributed by atoms with E-state index in [-0.39, 0.29) is 18.6 Å². The van der Waals surface area contributed by atoms with Crippen LogP contribution in [0.3, 0.4) is 0 Å². The van der Waals surface area contributed by atoms with Crippen LogP contribution in [0.2, 0.25) is 0 Å². The van der Waals surface area contributed by atoms with E-state index in [1.54, 1.807) is 13.8 Å². The van der Waals surface area contributed by atoms with Crippen LogP contribution in [0.25, 0.3) is 0 Å². The Balaban J connectivity index is 2.20. The summed E-state index contributed by atoms with van der Waals surface area (Å²) in [4.78, 5) is 0. The highest BCUT2D eigenvalue weighted by Gasteiger charge is 2.89. The molecule has 0 bridgehead atoms. The van der Waals surface area contributed by atoms with Gasteiger partial charge in [-0.1, -0.05) is 33.6 Å². The van der Waals surface area contributed by atoms with Gasteiger partial charge in [0.1, 0.15) is 5.60 Å². The number of aliphatic hydroxyl groups is 3. The van der Waals surface area contributed by atoms with Gasteiger partial charge in [0, 0.05) is 17.4 Å². The summed E-state index contributed by atoms with van der Waals surface area (Å²) in [7, 11) is 0. The third-order valence-electron chi connectivity index (χ3n) is 5.16. The zero-order valence-corrected chi connectivity index (χ0v) is 11.4. The van der Waals surface area contributed by atoms with Crippen molar-refractivity contribution < 1.29 is 20.1 Å². The van der Waals surface area contributed by atoms with Crippen LogP contribution in [0.15, 0.2) is 0 Å². The highest BCUT2D eigenvalue weighted by molar-refractivity contribution is 5.37. The molecule has 0 amide bonds. The van der Waals surface area contributed by atoms with Gasteiger partial charge in [-0.15, -0.1) is 0 Å². The Morgan fingerprint density at radius 1 is 1.33 bits per heavy atom. The summed E-state index contributed by atoms with van der Waals surface area (Å²) in [5.74, 6) is -0.340. The van der Waals surface area contributed by atoms with E-state index in [1.165, 1.54) is 0 Å². The van der Waals surface area contributed by atoms with Crippen LogP contribution in [0.1, 0.15) is 40.0 Å². The van der Waals surface area contributed by atoms with Crippen molar-refractivity contribution in [1.82, 2.24) is 0 Å². The van der Waals surface area contributed by atoms with E-state index in [4.69, 9.17) is 10.5 Å². The molecule has 1 aliphatic carbocycles. The molecule has 1 aliphatic heterocycles. The van der Waals surface area contributed by atoms with Gasteiger partial charge in [0.05, 0.1) is 6.61 Å². The van der Waals surface area contributed by atoms with E-state index in [9.17, 15) is 15.3 Å². The van der Waals surface area contributed by atoms with Crippen LogP contribution in [-0.2, 0) is 4.74 Å². The highest BCUT2D eigenvalue weighted by Crippen LogP contribution is 2.71. The predicted molar refractivity (Wildman–Crippen MR) is 66.6 cm³/mol. The molecule has 0 spiro atoms. The van der Waals surface area contributed by atoms with Crippen molar-refractivity contribution in [3.63, 3.8) is 0 Å². The molecule has 2 fully saturated rings. The maximum atomic E-state index is 10.8. The first-order chi connectivity index (χ1) is 8.25. The standard InChI is InChI=1S/C13H25NO4/c1-4-5-6-9(14)8-7-18-10(15)13(17)11(2,3)12(8,13)16/h8-10,15-17H,4-7,14H2,1-3H3/t8-,9?,10?,12+,13+/m1/s1. The molecule has 1 heterocycles. The van der Waals surface area contributed by atoms with Gasteiger partial charge in [0.2, 0.25) is 0 Å². The third kappa shape index (κ3) is 1.40. The largest absolute Gasteiger partial charge is 0.386 e. The van der Waals surface area contributed by atoms with Gasteiger partial charge < -0.3 is 25.8 Å². The quantitative estimate of drug-likeness (QED) is 0.568. The molecule has 0 aromatic heterocycles. The third-order valence-corrected chi connectivity index (χ3v) is 5.16. The van der Waals surface area contributed by atoms with Crippen LogP contribution in [0.4, 0.5) is 0 Å². The number of hydrogen-bond donors (Lipinski definition) is 4. The van der Waals surface area contributed by atoms with Crippen LogP contribution < -0.4 is 5.73 Å². The zero-order chi connectivity index (χ0) is 13.8. The lowest BCUT2D eigenvalue weighted by Gasteiger charge is -2.37. The van der Waals surface area contributed by atoms with Gasteiger partial charge in [0.15, 0.2) is 11.9 Å². The molecule has 0 aromatic carbocycles.